The summed E-state index contributed by atoms with van der Waals surface area (Å²) >= 11 is 0. The summed E-state index contributed by atoms with van der Waals surface area (Å²) in [4.78, 5) is 23.8. The number of aromatic nitrogens is 2. The molecule has 1 aromatic carbocycles. The van der Waals surface area contributed by atoms with Crippen LogP contribution in [-0.2, 0) is 10.2 Å². The summed E-state index contributed by atoms with van der Waals surface area (Å²) in [5, 5.41) is 6.25. The molecule has 8 nitrogen and oxygen atoms in total. The lowest BCUT2D eigenvalue weighted by Gasteiger charge is -2.22. The molecular weight excluding hydrogens is 380 g/mol. The number of nitrogens with zero attached hydrogens (tertiary/aromatic N) is 3. The summed E-state index contributed by atoms with van der Waals surface area (Å²) in [5.74, 6) is 1.29. The van der Waals surface area contributed by atoms with E-state index in [-0.39, 0.29) is 11.9 Å². The molecule has 4 N–H and O–H groups in total. The second-order valence-electron chi connectivity index (χ2n) is 8.65. The van der Waals surface area contributed by atoms with Crippen LogP contribution < -0.4 is 21.3 Å². The Morgan fingerprint density at radius 2 is 2.10 bits per heavy atom. The standard InChI is InChI=1S/C22H26N6O2/c1-22(2)15-6-5-14(12-17(15)25-20(22)29)24-21-26-16-8-11-30-18(16)19(27-21)28-9-3-4-13(23)7-10-28/h5-6,8,11-13H,3-4,7,9-10,23H2,1-2H3,(H,25,29)(H,24,26,27). The van der Waals surface area contributed by atoms with Crippen LogP contribution in [0.3, 0.4) is 0 Å². The third-order valence-electron chi connectivity index (χ3n) is 6.12. The van der Waals surface area contributed by atoms with Crippen molar-refractivity contribution in [1.82, 2.24) is 9.97 Å². The molecule has 156 valence electrons. The highest BCUT2D eigenvalue weighted by molar-refractivity contribution is 6.06. The molecule has 0 radical (unpaired) electrons. The SMILES string of the molecule is CC1(C)C(=O)Nc2cc(Nc3nc(N4CCCC(N)CC4)c4occc4n3)ccc21. The zero-order chi connectivity index (χ0) is 20.9. The van der Waals surface area contributed by atoms with E-state index in [0.717, 1.165) is 60.6 Å². The quantitative estimate of drug-likeness (QED) is 0.610. The number of rotatable bonds is 3. The van der Waals surface area contributed by atoms with Crippen LogP contribution in [0.4, 0.5) is 23.1 Å². The predicted molar refractivity (Wildman–Crippen MR) is 117 cm³/mol. The lowest BCUT2D eigenvalue weighted by molar-refractivity contribution is -0.119. The van der Waals surface area contributed by atoms with Gasteiger partial charge in [-0.05, 0) is 50.8 Å². The summed E-state index contributed by atoms with van der Waals surface area (Å²) in [6, 6.07) is 7.93. The van der Waals surface area contributed by atoms with Gasteiger partial charge >= 0.3 is 0 Å². The van der Waals surface area contributed by atoms with Crippen LogP contribution in [0.2, 0.25) is 0 Å². The van der Waals surface area contributed by atoms with Crippen LogP contribution in [0, 0.1) is 0 Å². The Morgan fingerprint density at radius 1 is 1.23 bits per heavy atom. The molecule has 0 aliphatic carbocycles. The van der Waals surface area contributed by atoms with Gasteiger partial charge in [0.25, 0.3) is 0 Å². The normalized spacial score (nSPS) is 20.7. The third kappa shape index (κ3) is 3.17. The number of anilines is 4. The van der Waals surface area contributed by atoms with Crippen molar-refractivity contribution in [3.05, 3.63) is 36.1 Å². The van der Waals surface area contributed by atoms with Crippen LogP contribution in [0.15, 0.2) is 34.9 Å². The fraction of sp³-hybridized carbons (Fsp3) is 0.409. The van der Waals surface area contributed by atoms with Crippen LogP contribution in [-0.4, -0.2) is 35.0 Å². The first-order chi connectivity index (χ1) is 14.4. The maximum Gasteiger partial charge on any atom is 0.234 e. The van der Waals surface area contributed by atoms with Crippen LogP contribution in [0.5, 0.6) is 0 Å². The Hall–Kier alpha value is -3.13. The van der Waals surface area contributed by atoms with Gasteiger partial charge in [-0.25, -0.2) is 4.98 Å². The number of carbonyl (C=O) groups excluding carboxylic acids is 1. The van der Waals surface area contributed by atoms with E-state index in [1.807, 2.05) is 38.1 Å². The zero-order valence-electron chi connectivity index (χ0n) is 17.2. The highest BCUT2D eigenvalue weighted by Crippen LogP contribution is 2.39. The second kappa shape index (κ2) is 6.98. The number of amides is 1. The molecule has 8 heteroatoms. The number of nitrogens with one attached hydrogen (secondary N) is 2. The molecule has 2 aliphatic heterocycles. The number of nitrogens with two attached hydrogens (primary N) is 1. The lowest BCUT2D eigenvalue weighted by atomic mass is 9.86. The number of fused-ring (bicyclic) bond motifs is 2. The largest absolute Gasteiger partial charge is 0.459 e. The molecule has 0 bridgehead atoms. The summed E-state index contributed by atoms with van der Waals surface area (Å²) < 4.78 is 5.70. The second-order valence-corrected chi connectivity index (χ2v) is 8.65. The average molecular weight is 406 g/mol. The van der Waals surface area contributed by atoms with Gasteiger partial charge in [0.2, 0.25) is 11.9 Å². The van der Waals surface area contributed by atoms with E-state index in [0.29, 0.717) is 11.5 Å². The minimum absolute atomic E-state index is 0.00683. The highest BCUT2D eigenvalue weighted by Gasteiger charge is 2.38. The third-order valence-corrected chi connectivity index (χ3v) is 6.12. The fourth-order valence-electron chi connectivity index (χ4n) is 4.25. The minimum atomic E-state index is -0.527. The molecule has 3 aromatic rings. The van der Waals surface area contributed by atoms with Crippen molar-refractivity contribution in [2.24, 2.45) is 5.73 Å². The maximum atomic E-state index is 12.2. The van der Waals surface area contributed by atoms with Crippen LogP contribution in [0.25, 0.3) is 11.1 Å². The van der Waals surface area contributed by atoms with Crippen molar-refractivity contribution >= 4 is 40.1 Å². The first-order valence-electron chi connectivity index (χ1n) is 10.4. The Balaban J connectivity index is 1.47. The van der Waals surface area contributed by atoms with Crippen molar-refractivity contribution in [2.45, 2.75) is 44.6 Å². The van der Waals surface area contributed by atoms with Gasteiger partial charge in [-0.15, -0.1) is 0 Å². The molecule has 2 aliphatic rings. The van der Waals surface area contributed by atoms with E-state index in [1.165, 1.54) is 0 Å². The molecule has 1 unspecified atom stereocenters. The maximum absolute atomic E-state index is 12.2. The van der Waals surface area contributed by atoms with Gasteiger partial charge in [-0.1, -0.05) is 6.07 Å². The average Bonchev–Trinajstić information content (AvgIpc) is 3.18. The van der Waals surface area contributed by atoms with E-state index in [4.69, 9.17) is 15.1 Å². The molecule has 30 heavy (non-hydrogen) atoms. The van der Waals surface area contributed by atoms with Crippen molar-refractivity contribution in [3.8, 4) is 0 Å². The van der Waals surface area contributed by atoms with Gasteiger partial charge < -0.3 is 25.7 Å². The molecule has 0 spiro atoms. The monoisotopic (exact) mass is 406 g/mol. The summed E-state index contributed by atoms with van der Waals surface area (Å²) in [6.45, 7) is 5.58. The van der Waals surface area contributed by atoms with Gasteiger partial charge in [0, 0.05) is 36.6 Å². The summed E-state index contributed by atoms with van der Waals surface area (Å²) in [7, 11) is 0. The van der Waals surface area contributed by atoms with Crippen LogP contribution >= 0.6 is 0 Å². The number of hydrogen-bond donors (Lipinski definition) is 3. The molecule has 4 heterocycles. The van der Waals surface area contributed by atoms with Gasteiger partial charge in [-0.3, -0.25) is 4.79 Å². The van der Waals surface area contributed by atoms with Crippen LogP contribution in [0.1, 0.15) is 38.7 Å². The first kappa shape index (κ1) is 18.9. The molecule has 0 saturated carbocycles. The van der Waals surface area contributed by atoms with E-state index >= 15 is 0 Å². The molecule has 2 aromatic heterocycles. The molecule has 1 atom stereocenters. The number of furan rings is 1. The predicted octanol–water partition coefficient (Wildman–Crippen LogP) is 3.51. The van der Waals surface area contributed by atoms with Crippen molar-refractivity contribution in [2.75, 3.05) is 28.6 Å². The Morgan fingerprint density at radius 3 is 2.97 bits per heavy atom. The summed E-state index contributed by atoms with van der Waals surface area (Å²) in [6.07, 6.45) is 4.61. The molecular formula is C22H26N6O2. The molecule has 5 rings (SSSR count). The van der Waals surface area contributed by atoms with E-state index in [2.05, 4.69) is 20.5 Å². The Bertz CT molecular complexity index is 1120. The smallest absolute Gasteiger partial charge is 0.234 e. The highest BCUT2D eigenvalue weighted by atomic mass is 16.3. The molecule has 1 fully saturated rings. The molecule has 1 amide bonds. The van der Waals surface area contributed by atoms with Gasteiger partial charge in [0.1, 0.15) is 5.52 Å². The number of hydrogen-bond acceptors (Lipinski definition) is 7. The van der Waals surface area contributed by atoms with Gasteiger partial charge in [0.15, 0.2) is 11.4 Å². The minimum Gasteiger partial charge on any atom is -0.459 e. The summed E-state index contributed by atoms with van der Waals surface area (Å²) in [5.41, 5.74) is 9.70. The molecule has 1 saturated heterocycles. The van der Waals surface area contributed by atoms with Gasteiger partial charge in [0.05, 0.1) is 11.7 Å². The fourth-order valence-corrected chi connectivity index (χ4v) is 4.25. The number of carbonyl (C=O) groups is 1. The zero-order valence-corrected chi connectivity index (χ0v) is 17.2. The van der Waals surface area contributed by atoms with Crippen molar-refractivity contribution < 1.29 is 9.21 Å². The van der Waals surface area contributed by atoms with E-state index in [1.54, 1.807) is 6.26 Å². The first-order valence-corrected chi connectivity index (χ1v) is 10.4. The Labute approximate surface area is 174 Å². The Kier molecular flexibility index (Phi) is 4.39. The van der Waals surface area contributed by atoms with E-state index in [9.17, 15) is 4.79 Å². The van der Waals surface area contributed by atoms with Crippen molar-refractivity contribution in [1.29, 1.82) is 0 Å². The van der Waals surface area contributed by atoms with Gasteiger partial charge in [-0.2, -0.15) is 4.98 Å². The lowest BCUT2D eigenvalue weighted by Crippen LogP contribution is -2.27. The van der Waals surface area contributed by atoms with Crippen molar-refractivity contribution in [3.63, 3.8) is 0 Å². The number of benzene rings is 1. The topological polar surface area (TPSA) is 109 Å². The van der Waals surface area contributed by atoms with E-state index < -0.39 is 5.41 Å².